The summed E-state index contributed by atoms with van der Waals surface area (Å²) in [5, 5.41) is 0. The van der Waals surface area contributed by atoms with Crippen molar-refractivity contribution in [2.24, 2.45) is 5.92 Å². The highest BCUT2D eigenvalue weighted by molar-refractivity contribution is 5.65. The molecule has 0 aliphatic heterocycles. The summed E-state index contributed by atoms with van der Waals surface area (Å²) in [4.78, 5) is 4.47. The minimum atomic E-state index is 0.745. The monoisotopic (exact) mass is 231 g/mol. The summed E-state index contributed by atoms with van der Waals surface area (Å²) in [6, 6.07) is 2.27. The van der Waals surface area contributed by atoms with Crippen molar-refractivity contribution >= 4 is 5.57 Å². The lowest BCUT2D eigenvalue weighted by Crippen LogP contribution is -1.97. The number of nitrogens with zero attached hydrogens (tertiary/aromatic N) is 1. The molecular formula is C16H25N. The summed E-state index contributed by atoms with van der Waals surface area (Å²) in [5.41, 5.74) is 5.18. The van der Waals surface area contributed by atoms with Crippen LogP contribution in [0.2, 0.25) is 0 Å². The highest BCUT2D eigenvalue weighted by Gasteiger charge is 2.07. The SMILES string of the molecule is CC/C=C(\CC(C)CC)c1cnc(C)c(C)c1. The van der Waals surface area contributed by atoms with Crippen LogP contribution in [0.25, 0.3) is 5.57 Å². The van der Waals surface area contributed by atoms with Crippen LogP contribution in [0.3, 0.4) is 0 Å². The third kappa shape index (κ3) is 3.99. The van der Waals surface area contributed by atoms with Gasteiger partial charge >= 0.3 is 0 Å². The van der Waals surface area contributed by atoms with Crippen LogP contribution >= 0.6 is 0 Å². The van der Waals surface area contributed by atoms with Gasteiger partial charge in [0.05, 0.1) is 0 Å². The molecule has 0 spiro atoms. The average Bonchev–Trinajstić information content (AvgIpc) is 2.32. The topological polar surface area (TPSA) is 12.9 Å². The maximum atomic E-state index is 4.47. The summed E-state index contributed by atoms with van der Waals surface area (Å²) in [7, 11) is 0. The fourth-order valence-corrected chi connectivity index (χ4v) is 1.90. The molecule has 1 unspecified atom stereocenters. The molecule has 94 valence electrons. The summed E-state index contributed by atoms with van der Waals surface area (Å²) < 4.78 is 0. The summed E-state index contributed by atoms with van der Waals surface area (Å²) in [5.74, 6) is 0.745. The van der Waals surface area contributed by atoms with Crippen LogP contribution in [-0.4, -0.2) is 4.98 Å². The molecule has 1 rings (SSSR count). The molecule has 1 heterocycles. The molecule has 1 aromatic heterocycles. The molecule has 0 amide bonds. The lowest BCUT2D eigenvalue weighted by Gasteiger charge is -2.13. The van der Waals surface area contributed by atoms with Gasteiger partial charge < -0.3 is 0 Å². The second-order valence-corrected chi connectivity index (χ2v) is 4.98. The molecule has 0 saturated heterocycles. The fourth-order valence-electron chi connectivity index (χ4n) is 1.90. The van der Waals surface area contributed by atoms with E-state index in [-0.39, 0.29) is 0 Å². The van der Waals surface area contributed by atoms with Crippen molar-refractivity contribution in [3.05, 3.63) is 35.2 Å². The van der Waals surface area contributed by atoms with E-state index in [1.165, 1.54) is 23.1 Å². The standard InChI is InChI=1S/C16H25N/c1-6-8-15(9-12(3)7-2)16-10-13(4)14(5)17-11-16/h8,10-12H,6-7,9H2,1-5H3/b15-8+. The van der Waals surface area contributed by atoms with Crippen LogP contribution in [0, 0.1) is 19.8 Å². The first-order chi connectivity index (χ1) is 8.08. The minimum absolute atomic E-state index is 0.745. The van der Waals surface area contributed by atoms with E-state index in [0.717, 1.165) is 24.5 Å². The van der Waals surface area contributed by atoms with Gasteiger partial charge in [0.25, 0.3) is 0 Å². The molecule has 0 saturated carbocycles. The van der Waals surface area contributed by atoms with Gasteiger partial charge in [-0.3, -0.25) is 4.98 Å². The molecule has 1 nitrogen and oxygen atoms in total. The Kier molecular flexibility index (Phi) is 5.40. The van der Waals surface area contributed by atoms with Gasteiger partial charge in [-0.1, -0.05) is 33.3 Å². The number of pyridine rings is 1. The first-order valence-electron chi connectivity index (χ1n) is 6.71. The zero-order chi connectivity index (χ0) is 12.8. The predicted molar refractivity (Wildman–Crippen MR) is 76.1 cm³/mol. The van der Waals surface area contributed by atoms with Crippen molar-refractivity contribution in [1.29, 1.82) is 0 Å². The van der Waals surface area contributed by atoms with Gasteiger partial charge in [0.15, 0.2) is 0 Å². The Morgan fingerprint density at radius 1 is 1.35 bits per heavy atom. The maximum absolute atomic E-state index is 4.47. The first kappa shape index (κ1) is 14.0. The Hall–Kier alpha value is -1.11. The van der Waals surface area contributed by atoms with Gasteiger partial charge in [0, 0.05) is 11.9 Å². The second kappa shape index (κ2) is 6.58. The van der Waals surface area contributed by atoms with Crippen molar-refractivity contribution in [3.63, 3.8) is 0 Å². The fraction of sp³-hybridized carbons (Fsp3) is 0.562. The Bertz CT molecular complexity index is 391. The Morgan fingerprint density at radius 2 is 2.06 bits per heavy atom. The average molecular weight is 231 g/mol. The zero-order valence-corrected chi connectivity index (χ0v) is 11.9. The smallest absolute Gasteiger partial charge is 0.0402 e. The van der Waals surface area contributed by atoms with Gasteiger partial charge in [0.2, 0.25) is 0 Å². The molecule has 1 atom stereocenters. The number of allylic oxidation sites excluding steroid dienone is 2. The first-order valence-corrected chi connectivity index (χ1v) is 6.71. The third-order valence-electron chi connectivity index (χ3n) is 3.43. The highest BCUT2D eigenvalue weighted by Crippen LogP contribution is 2.25. The van der Waals surface area contributed by atoms with E-state index >= 15 is 0 Å². The van der Waals surface area contributed by atoms with E-state index in [4.69, 9.17) is 0 Å². The molecule has 0 aromatic carbocycles. The number of rotatable bonds is 5. The molecule has 1 heteroatoms. The van der Waals surface area contributed by atoms with Crippen LogP contribution in [0.15, 0.2) is 18.3 Å². The van der Waals surface area contributed by atoms with Gasteiger partial charge in [-0.15, -0.1) is 0 Å². The minimum Gasteiger partial charge on any atom is -0.261 e. The number of aromatic nitrogens is 1. The van der Waals surface area contributed by atoms with Crippen LogP contribution in [0.1, 0.15) is 56.9 Å². The molecule has 0 aliphatic carbocycles. The second-order valence-electron chi connectivity index (χ2n) is 4.98. The van der Waals surface area contributed by atoms with Crippen molar-refractivity contribution in [1.82, 2.24) is 4.98 Å². The number of hydrogen-bond acceptors (Lipinski definition) is 1. The van der Waals surface area contributed by atoms with E-state index in [2.05, 4.69) is 51.7 Å². The van der Waals surface area contributed by atoms with E-state index in [0.29, 0.717) is 0 Å². The van der Waals surface area contributed by atoms with E-state index in [1.807, 2.05) is 6.20 Å². The zero-order valence-electron chi connectivity index (χ0n) is 11.9. The summed E-state index contributed by atoms with van der Waals surface area (Å²) in [6.07, 6.45) is 7.86. The quantitative estimate of drug-likeness (QED) is 0.700. The third-order valence-corrected chi connectivity index (χ3v) is 3.43. The Balaban J connectivity index is 2.98. The molecule has 0 radical (unpaired) electrons. The lowest BCUT2D eigenvalue weighted by atomic mass is 9.93. The highest BCUT2D eigenvalue weighted by atomic mass is 14.7. The van der Waals surface area contributed by atoms with Gasteiger partial charge in [0.1, 0.15) is 0 Å². The van der Waals surface area contributed by atoms with Crippen LogP contribution in [0.5, 0.6) is 0 Å². The van der Waals surface area contributed by atoms with Gasteiger partial charge in [-0.05, 0) is 55.4 Å². The van der Waals surface area contributed by atoms with Gasteiger partial charge in [-0.25, -0.2) is 0 Å². The lowest BCUT2D eigenvalue weighted by molar-refractivity contribution is 0.579. The van der Waals surface area contributed by atoms with Crippen molar-refractivity contribution in [2.45, 2.75) is 53.9 Å². The normalized spacial score (nSPS) is 13.8. The van der Waals surface area contributed by atoms with Crippen molar-refractivity contribution in [2.75, 3.05) is 0 Å². The van der Waals surface area contributed by atoms with Crippen molar-refractivity contribution < 1.29 is 0 Å². The Labute approximate surface area is 106 Å². The predicted octanol–water partition coefficient (Wildman–Crippen LogP) is 4.93. The molecule has 1 aromatic rings. The largest absolute Gasteiger partial charge is 0.261 e. The van der Waals surface area contributed by atoms with Crippen molar-refractivity contribution in [3.8, 4) is 0 Å². The summed E-state index contributed by atoms with van der Waals surface area (Å²) >= 11 is 0. The van der Waals surface area contributed by atoms with E-state index in [9.17, 15) is 0 Å². The van der Waals surface area contributed by atoms with Crippen LogP contribution < -0.4 is 0 Å². The van der Waals surface area contributed by atoms with Gasteiger partial charge in [-0.2, -0.15) is 0 Å². The summed E-state index contributed by atoms with van der Waals surface area (Å²) in [6.45, 7) is 11.0. The Morgan fingerprint density at radius 3 is 2.59 bits per heavy atom. The van der Waals surface area contributed by atoms with Crippen LogP contribution in [-0.2, 0) is 0 Å². The molecule has 17 heavy (non-hydrogen) atoms. The molecule has 0 bridgehead atoms. The molecule has 0 N–H and O–H groups in total. The molecule has 0 fully saturated rings. The van der Waals surface area contributed by atoms with E-state index in [1.54, 1.807) is 0 Å². The number of aryl methyl sites for hydroxylation is 2. The molecule has 0 aliphatic rings. The molecular weight excluding hydrogens is 206 g/mol. The maximum Gasteiger partial charge on any atom is 0.0402 e. The van der Waals surface area contributed by atoms with E-state index < -0.39 is 0 Å². The number of hydrogen-bond donors (Lipinski definition) is 0. The van der Waals surface area contributed by atoms with Crippen LogP contribution in [0.4, 0.5) is 0 Å².